The summed E-state index contributed by atoms with van der Waals surface area (Å²) in [6, 6.07) is 6.48. The van der Waals surface area contributed by atoms with Crippen molar-refractivity contribution >= 4 is 5.91 Å². The number of hydrogen-bond donors (Lipinski definition) is 2. The van der Waals surface area contributed by atoms with Crippen LogP contribution in [0.2, 0.25) is 0 Å². The molecule has 1 aliphatic heterocycles. The first-order valence-electron chi connectivity index (χ1n) is 8.06. The van der Waals surface area contributed by atoms with E-state index in [1.54, 1.807) is 31.4 Å². The quantitative estimate of drug-likeness (QED) is 0.780. The van der Waals surface area contributed by atoms with Gasteiger partial charge in [-0.2, -0.15) is 0 Å². The highest BCUT2D eigenvalue weighted by Crippen LogP contribution is 2.17. The van der Waals surface area contributed by atoms with Gasteiger partial charge < -0.3 is 24.8 Å². The van der Waals surface area contributed by atoms with E-state index >= 15 is 0 Å². The lowest BCUT2D eigenvalue weighted by Gasteiger charge is -2.24. The van der Waals surface area contributed by atoms with Crippen LogP contribution in [0.3, 0.4) is 0 Å². The van der Waals surface area contributed by atoms with Gasteiger partial charge in [0.05, 0.1) is 25.9 Å². The number of methoxy groups -OCH3 is 1. The van der Waals surface area contributed by atoms with Crippen molar-refractivity contribution < 1.29 is 19.4 Å². The Kier molecular flexibility index (Phi) is 6.38. The molecule has 0 aromatic heterocycles. The van der Waals surface area contributed by atoms with Crippen LogP contribution in [-0.4, -0.2) is 67.5 Å². The third-order valence-corrected chi connectivity index (χ3v) is 4.28. The number of ether oxygens (including phenoxy) is 2. The molecule has 0 unspecified atom stereocenters. The van der Waals surface area contributed by atoms with E-state index in [0.717, 1.165) is 13.1 Å². The summed E-state index contributed by atoms with van der Waals surface area (Å²) < 4.78 is 10.7. The van der Waals surface area contributed by atoms with Crippen molar-refractivity contribution in [2.45, 2.75) is 32.1 Å². The Bertz CT molecular complexity index is 502. The second-order valence-electron chi connectivity index (χ2n) is 5.66. The Labute approximate surface area is 137 Å². The fraction of sp³-hybridized carbons (Fsp3) is 0.588. The van der Waals surface area contributed by atoms with Gasteiger partial charge >= 0.3 is 0 Å². The van der Waals surface area contributed by atoms with Gasteiger partial charge in [0.25, 0.3) is 5.91 Å². The smallest absolute Gasteiger partial charge is 0.251 e. The van der Waals surface area contributed by atoms with Crippen molar-refractivity contribution in [2.24, 2.45) is 0 Å². The maximum Gasteiger partial charge on any atom is 0.251 e. The summed E-state index contributed by atoms with van der Waals surface area (Å²) in [5.74, 6) is 0.480. The van der Waals surface area contributed by atoms with E-state index in [2.05, 4.69) is 24.1 Å². The number of aliphatic hydroxyl groups excluding tert-OH is 1. The number of carbonyl (C=O) groups excluding carboxylic acids is 1. The molecule has 0 radical (unpaired) electrons. The molecule has 2 N–H and O–H groups in total. The average molecular weight is 322 g/mol. The van der Waals surface area contributed by atoms with Crippen LogP contribution in [0.5, 0.6) is 5.75 Å². The predicted molar refractivity (Wildman–Crippen MR) is 87.8 cm³/mol. The first-order valence-corrected chi connectivity index (χ1v) is 8.06. The molecule has 1 aliphatic rings. The number of carbonyl (C=O) groups is 1. The van der Waals surface area contributed by atoms with E-state index in [0.29, 0.717) is 24.5 Å². The molecule has 1 aromatic rings. The summed E-state index contributed by atoms with van der Waals surface area (Å²) in [4.78, 5) is 14.5. The van der Waals surface area contributed by atoms with Crippen LogP contribution < -0.4 is 10.1 Å². The molecule has 128 valence electrons. The minimum Gasteiger partial charge on any atom is -0.497 e. The summed E-state index contributed by atoms with van der Waals surface area (Å²) in [6.45, 7) is 6.97. The molecule has 1 fully saturated rings. The number of hydrogen-bond acceptors (Lipinski definition) is 5. The SMILES string of the molecule is CCN(CC)C[C@@H]1OC[C@@H](NC(=O)c2ccc(OC)cc2)[C@H]1O. The number of likely N-dealkylation sites (N-methyl/N-ethyl adjacent to an activating group) is 1. The van der Waals surface area contributed by atoms with Crippen molar-refractivity contribution in [3.8, 4) is 5.75 Å². The van der Waals surface area contributed by atoms with Gasteiger partial charge in [-0.05, 0) is 37.4 Å². The summed E-state index contributed by atoms with van der Waals surface area (Å²) >= 11 is 0. The first kappa shape index (κ1) is 17.7. The third-order valence-electron chi connectivity index (χ3n) is 4.28. The highest BCUT2D eigenvalue weighted by molar-refractivity contribution is 5.94. The van der Waals surface area contributed by atoms with Gasteiger partial charge in [0, 0.05) is 12.1 Å². The van der Waals surface area contributed by atoms with E-state index < -0.39 is 6.10 Å². The van der Waals surface area contributed by atoms with E-state index in [1.807, 2.05) is 0 Å². The molecule has 1 amide bonds. The van der Waals surface area contributed by atoms with Crippen LogP contribution >= 0.6 is 0 Å². The third kappa shape index (κ3) is 4.43. The van der Waals surface area contributed by atoms with Gasteiger partial charge in [0.1, 0.15) is 11.9 Å². The number of nitrogens with zero attached hydrogens (tertiary/aromatic N) is 1. The molecule has 0 bridgehead atoms. The van der Waals surface area contributed by atoms with Crippen LogP contribution in [0.4, 0.5) is 0 Å². The second-order valence-corrected chi connectivity index (χ2v) is 5.66. The molecule has 0 saturated carbocycles. The zero-order valence-corrected chi connectivity index (χ0v) is 14.0. The van der Waals surface area contributed by atoms with E-state index in [9.17, 15) is 9.90 Å². The number of aliphatic hydroxyl groups is 1. The summed E-state index contributed by atoms with van der Waals surface area (Å²) in [5, 5.41) is 13.2. The standard InChI is InChI=1S/C17H26N2O4/c1-4-19(5-2)10-15-16(20)14(11-23-15)18-17(21)12-6-8-13(22-3)9-7-12/h6-9,14-16,20H,4-5,10-11H2,1-3H3,(H,18,21)/t14-,15+,16-/m1/s1. The Morgan fingerprint density at radius 3 is 2.57 bits per heavy atom. The summed E-state index contributed by atoms with van der Waals surface area (Å²) in [7, 11) is 1.58. The van der Waals surface area contributed by atoms with Crippen molar-refractivity contribution in [1.82, 2.24) is 10.2 Å². The molecule has 1 heterocycles. The number of benzene rings is 1. The average Bonchev–Trinajstić information content (AvgIpc) is 2.92. The first-order chi connectivity index (χ1) is 11.1. The highest BCUT2D eigenvalue weighted by Gasteiger charge is 2.37. The lowest BCUT2D eigenvalue weighted by Crippen LogP contribution is -2.46. The lowest BCUT2D eigenvalue weighted by molar-refractivity contribution is 0.0171. The molecule has 23 heavy (non-hydrogen) atoms. The normalized spacial score (nSPS) is 24.0. The van der Waals surface area contributed by atoms with Crippen LogP contribution in [0.1, 0.15) is 24.2 Å². The Morgan fingerprint density at radius 2 is 2.00 bits per heavy atom. The Balaban J connectivity index is 1.91. The van der Waals surface area contributed by atoms with E-state index in [4.69, 9.17) is 9.47 Å². The van der Waals surface area contributed by atoms with Gasteiger partial charge in [-0.1, -0.05) is 13.8 Å². The van der Waals surface area contributed by atoms with Crippen molar-refractivity contribution in [1.29, 1.82) is 0 Å². The fourth-order valence-corrected chi connectivity index (χ4v) is 2.70. The molecular formula is C17H26N2O4. The van der Waals surface area contributed by atoms with E-state index in [-0.39, 0.29) is 18.1 Å². The maximum absolute atomic E-state index is 12.3. The summed E-state index contributed by atoms with van der Waals surface area (Å²) in [5.41, 5.74) is 0.533. The van der Waals surface area contributed by atoms with Crippen LogP contribution in [-0.2, 0) is 4.74 Å². The number of rotatable bonds is 7. The molecule has 6 heteroatoms. The van der Waals surface area contributed by atoms with Gasteiger partial charge in [0.2, 0.25) is 0 Å². The molecule has 6 nitrogen and oxygen atoms in total. The molecule has 2 rings (SSSR count). The monoisotopic (exact) mass is 322 g/mol. The molecule has 1 aromatic carbocycles. The van der Waals surface area contributed by atoms with Crippen LogP contribution in [0.15, 0.2) is 24.3 Å². The fourth-order valence-electron chi connectivity index (χ4n) is 2.70. The van der Waals surface area contributed by atoms with Crippen LogP contribution in [0.25, 0.3) is 0 Å². The lowest BCUT2D eigenvalue weighted by atomic mass is 10.1. The Morgan fingerprint density at radius 1 is 1.35 bits per heavy atom. The maximum atomic E-state index is 12.3. The Hall–Kier alpha value is -1.63. The summed E-state index contributed by atoms with van der Waals surface area (Å²) in [6.07, 6.45) is -0.964. The van der Waals surface area contributed by atoms with Gasteiger partial charge in [0.15, 0.2) is 0 Å². The van der Waals surface area contributed by atoms with Gasteiger partial charge in [-0.3, -0.25) is 4.79 Å². The van der Waals surface area contributed by atoms with Crippen molar-refractivity contribution in [2.75, 3.05) is 33.4 Å². The van der Waals surface area contributed by atoms with Crippen molar-refractivity contribution in [3.05, 3.63) is 29.8 Å². The zero-order chi connectivity index (χ0) is 16.8. The molecule has 0 aliphatic carbocycles. The molecular weight excluding hydrogens is 296 g/mol. The van der Waals surface area contributed by atoms with Gasteiger partial charge in [-0.25, -0.2) is 0 Å². The van der Waals surface area contributed by atoms with Crippen LogP contribution in [0, 0.1) is 0 Å². The largest absolute Gasteiger partial charge is 0.497 e. The van der Waals surface area contributed by atoms with Gasteiger partial charge in [-0.15, -0.1) is 0 Å². The van der Waals surface area contributed by atoms with Crippen molar-refractivity contribution in [3.63, 3.8) is 0 Å². The highest BCUT2D eigenvalue weighted by atomic mass is 16.5. The topological polar surface area (TPSA) is 71.0 Å². The molecule has 0 spiro atoms. The molecule has 1 saturated heterocycles. The second kappa shape index (κ2) is 8.29. The minimum absolute atomic E-state index is 0.219. The zero-order valence-electron chi connectivity index (χ0n) is 14.0. The predicted octanol–water partition coefficient (Wildman–Crippen LogP) is 0.895. The number of amides is 1. The molecule has 3 atom stereocenters. The van der Waals surface area contributed by atoms with E-state index in [1.165, 1.54) is 0 Å². The number of nitrogens with one attached hydrogen (secondary N) is 1. The minimum atomic E-state index is -0.696.